The first-order valence-corrected chi connectivity index (χ1v) is 42.8. The number of amides is 4. The molecule has 29 nitrogen and oxygen atoms in total. The van der Waals surface area contributed by atoms with Gasteiger partial charge in [-0.1, -0.05) is 238 Å². The maximum Gasteiger partial charge on any atom is 0.415 e. The number of nitrogens with one attached hydrogen (secondary N) is 2. The van der Waals surface area contributed by atoms with E-state index in [4.69, 9.17) is 77.1 Å². The number of aromatic hydroxyl groups is 4. The van der Waals surface area contributed by atoms with E-state index < -0.39 is 69.8 Å². The molecule has 0 bridgehead atoms. The number of unbranched alkanes of at least 4 members (excludes halogenated alkanes) is 2. The van der Waals surface area contributed by atoms with Gasteiger partial charge in [-0.2, -0.15) is 0 Å². The Balaban J connectivity index is 0.000000761. The second-order valence-electron chi connectivity index (χ2n) is 26.3. The van der Waals surface area contributed by atoms with Crippen LogP contribution in [0.2, 0.25) is 0 Å². The molecule has 0 aliphatic rings. The van der Waals surface area contributed by atoms with Crippen LogP contribution in [-0.4, -0.2) is 165 Å². The summed E-state index contributed by atoms with van der Waals surface area (Å²) in [6.07, 6.45) is 3.10. The molecule has 10 aromatic rings. The molecule has 4 amide bonds. The number of carbonyl (C=O) groups is 11. The normalized spacial score (nSPS) is 10.8. The molecule has 5 unspecified atom stereocenters. The largest absolute Gasteiger partial charge is 0.508 e. The smallest absolute Gasteiger partial charge is 0.415 e. The first kappa shape index (κ1) is 116. The van der Waals surface area contributed by atoms with Crippen molar-refractivity contribution in [3.05, 3.63) is 313 Å². The van der Waals surface area contributed by atoms with E-state index >= 15 is 0 Å². The lowest BCUT2D eigenvalue weighted by atomic mass is 10.1. The number of nitrogens with two attached hydrogens (primary N) is 1. The Morgan fingerprint density at radius 1 is 0.374 bits per heavy atom. The van der Waals surface area contributed by atoms with E-state index in [1.54, 1.807) is 192 Å². The van der Waals surface area contributed by atoms with Crippen molar-refractivity contribution in [3.63, 3.8) is 0 Å². The van der Waals surface area contributed by atoms with Gasteiger partial charge in [-0.3, -0.25) is 24.1 Å². The van der Waals surface area contributed by atoms with Gasteiger partial charge >= 0.3 is 63.6 Å². The number of carbonyl (C=O) groups excluding carboxylic acids is 11. The van der Waals surface area contributed by atoms with Crippen molar-refractivity contribution >= 4 is 126 Å². The van der Waals surface area contributed by atoms with E-state index in [-0.39, 0.29) is 60.7 Å². The van der Waals surface area contributed by atoms with Crippen LogP contribution in [0.5, 0.6) is 46.0 Å². The van der Waals surface area contributed by atoms with Crippen LogP contribution in [0, 0.1) is 0 Å². The molecule has 8 N–H and O–H groups in total. The Bertz CT molecular complexity index is 4810. The zero-order valence-electron chi connectivity index (χ0n) is 72.8. The predicted octanol–water partition coefficient (Wildman–Crippen LogP) is 20.7. The SMILES string of the molecule is C.CCCCOC(=O)C(Br)Cc1ccccc1.CCCCOC(=O)C(Cc1ccccc1)NC(=O)Oc1ccccc1.CCOC(=O)C(Cc1ccc(O)cc1)NC.CCOC(=O)C(c1ccc(O)cc1)N(C)C(=O)Cl.CCOC(=O)C(c1ccc(O)cc1)N(C)C(=O)Oc1ccccc1.NC(=O)Oc1ccccc1.O=C(Cl)Cl.O=C(Cl)Oc1ccccc1.Oc1ccccc1. The van der Waals surface area contributed by atoms with E-state index in [2.05, 4.69) is 66.2 Å². The minimum atomic E-state index is -0.971. The number of rotatable bonds is 30. The topological polar surface area (TPSA) is 408 Å². The van der Waals surface area contributed by atoms with Gasteiger partial charge in [0.05, 0.1) is 33.0 Å². The Morgan fingerprint density at radius 2 is 0.679 bits per heavy atom. The molecular weight excluding hydrogens is 1840 g/mol. The Morgan fingerprint density at radius 3 is 1.03 bits per heavy atom. The summed E-state index contributed by atoms with van der Waals surface area (Å²) in [6.45, 7) is 10.9. The molecular formula is C97H112BrCl4N5O24. The summed E-state index contributed by atoms with van der Waals surface area (Å²) in [4.78, 5) is 126. The van der Waals surface area contributed by atoms with Gasteiger partial charge in [0.15, 0.2) is 12.1 Å². The van der Waals surface area contributed by atoms with Crippen LogP contribution in [0.15, 0.2) is 285 Å². The second-order valence-corrected chi connectivity index (χ2v) is 29.0. The third-order valence-electron chi connectivity index (χ3n) is 16.5. The van der Waals surface area contributed by atoms with Gasteiger partial charge in [-0.25, -0.2) is 33.6 Å². The summed E-state index contributed by atoms with van der Waals surface area (Å²) in [5.41, 5.74) is 8.02. The summed E-state index contributed by atoms with van der Waals surface area (Å²) in [6, 6.07) is 78.4. The molecule has 0 radical (unpaired) electrons. The van der Waals surface area contributed by atoms with Crippen molar-refractivity contribution in [1.29, 1.82) is 0 Å². The number of phenols is 4. The van der Waals surface area contributed by atoms with E-state index in [1.165, 1.54) is 50.5 Å². The molecule has 0 saturated heterocycles. The fraction of sp³-hybridized carbons (Fsp3) is 0.268. The van der Waals surface area contributed by atoms with Gasteiger partial charge < -0.3 is 84.3 Å². The minimum Gasteiger partial charge on any atom is -0.508 e. The summed E-state index contributed by atoms with van der Waals surface area (Å²) in [7, 11) is 4.59. The number of phenolic OH excluding ortho intramolecular Hbond substituents is 4. The number of hydrogen-bond acceptors (Lipinski definition) is 25. The monoisotopic (exact) mass is 1950 g/mol. The van der Waals surface area contributed by atoms with E-state index in [1.807, 2.05) is 91.9 Å². The first-order valence-electron chi connectivity index (χ1n) is 40.4. The maximum atomic E-state index is 12.3. The van der Waals surface area contributed by atoms with E-state index in [9.17, 15) is 58.2 Å². The molecule has 131 heavy (non-hydrogen) atoms. The Labute approximate surface area is 792 Å². The molecule has 704 valence electrons. The number of alkyl halides is 1. The Kier molecular flexibility index (Phi) is 61.7. The van der Waals surface area contributed by atoms with Crippen molar-refractivity contribution in [3.8, 4) is 46.0 Å². The molecule has 0 spiro atoms. The zero-order chi connectivity index (χ0) is 96.4. The third-order valence-corrected chi connectivity index (χ3v) is 17.5. The number of nitrogens with zero attached hydrogens (tertiary/aromatic N) is 2. The number of hydrogen-bond donors (Lipinski definition) is 7. The molecule has 0 aliphatic carbocycles. The molecule has 34 heteroatoms. The highest BCUT2D eigenvalue weighted by Crippen LogP contribution is 2.27. The van der Waals surface area contributed by atoms with Crippen LogP contribution in [0.1, 0.15) is 108 Å². The van der Waals surface area contributed by atoms with Crippen molar-refractivity contribution in [2.45, 2.75) is 116 Å². The van der Waals surface area contributed by atoms with Crippen molar-refractivity contribution in [1.82, 2.24) is 20.4 Å². The highest BCUT2D eigenvalue weighted by Gasteiger charge is 2.32. The lowest BCUT2D eigenvalue weighted by Crippen LogP contribution is -2.44. The molecule has 0 heterocycles. The maximum absolute atomic E-state index is 12.3. The second kappa shape index (κ2) is 69.8. The average molecular weight is 1950 g/mol. The van der Waals surface area contributed by atoms with Gasteiger partial charge in [0.25, 0.3) is 0 Å². The molecule has 5 atom stereocenters. The van der Waals surface area contributed by atoms with Gasteiger partial charge in [0.1, 0.15) is 62.9 Å². The van der Waals surface area contributed by atoms with Gasteiger partial charge in [0.2, 0.25) is 0 Å². The highest BCUT2D eigenvalue weighted by atomic mass is 79.9. The van der Waals surface area contributed by atoms with Crippen LogP contribution in [0.25, 0.3) is 0 Å². The number of benzene rings is 10. The van der Waals surface area contributed by atoms with Crippen LogP contribution in [0.4, 0.5) is 28.8 Å². The number of primary amides is 1. The Hall–Kier alpha value is -13.2. The van der Waals surface area contributed by atoms with Crippen molar-refractivity contribution in [2.24, 2.45) is 5.73 Å². The molecule has 10 aromatic carbocycles. The fourth-order valence-corrected chi connectivity index (χ4v) is 10.9. The highest BCUT2D eigenvalue weighted by molar-refractivity contribution is 9.10. The van der Waals surface area contributed by atoms with Gasteiger partial charge in [-0.05, 0) is 213 Å². The molecule has 0 fully saturated rings. The lowest BCUT2D eigenvalue weighted by molar-refractivity contribution is -0.149. The third kappa shape index (κ3) is 53.4. The van der Waals surface area contributed by atoms with Crippen LogP contribution in [0.3, 0.4) is 0 Å². The summed E-state index contributed by atoms with van der Waals surface area (Å²) >= 11 is 22.5. The predicted molar refractivity (Wildman–Crippen MR) is 507 cm³/mol. The van der Waals surface area contributed by atoms with Crippen molar-refractivity contribution in [2.75, 3.05) is 54.2 Å². The quantitative estimate of drug-likeness (QED) is 0.00549. The number of halogens is 5. The number of likely N-dealkylation sites (N-methyl/N-ethyl adjacent to an activating group) is 3. The molecule has 0 aromatic heterocycles. The molecule has 0 aliphatic heterocycles. The average Bonchev–Trinajstić information content (AvgIpc) is 0.828. The van der Waals surface area contributed by atoms with Gasteiger partial charge in [-0.15, -0.1) is 0 Å². The number of ether oxygens (including phenoxy) is 9. The zero-order valence-corrected chi connectivity index (χ0v) is 77.4. The fourth-order valence-electron chi connectivity index (χ4n) is 10.2. The first-order chi connectivity index (χ1) is 62.3. The molecule has 0 saturated carbocycles. The van der Waals surface area contributed by atoms with Crippen LogP contribution in [-0.2, 0) is 66.9 Å². The van der Waals surface area contributed by atoms with E-state index in [0.29, 0.717) is 79.0 Å². The number of esters is 5. The summed E-state index contributed by atoms with van der Waals surface area (Å²) in [5.74, 6) is 0.381. The van der Waals surface area contributed by atoms with Gasteiger partial charge in [0, 0.05) is 32.1 Å². The summed E-state index contributed by atoms with van der Waals surface area (Å²) < 4.78 is 44.0. The summed E-state index contributed by atoms with van der Waals surface area (Å²) in [5, 5.41) is 41.1. The standard InChI is InChI=1S/C20H23NO4.C18H19NO5.C13H17BrO2.C12H14ClNO4.C12H17NO3.C7H5ClO2.C7H7NO2.C6H6O.CCl2O.CH4/c1-2-3-14-24-19(22)18(15-16-10-6-4-7-11-16)21-20(23)25-17-12-8-5-9-13-17;1-3-23-17(21)16(13-9-11-14(20)12-10-13)19(2)18(22)24-15-7-5-4-6-8-15;1-2-3-9-16-13(15)12(14)10-11-7-5-4-6-8-11;1-3-18-11(16)10(14(2)12(13)17)8-4-6-9(15)7-5-8;1-3-16-12(15)11(13-2)8-9-4-6-10(14)7-5-9;2*8-7(9)10-6-4-2-1-3-5-6;7-6-4-2-1-3-5-6;2-1(3)4;/h4-13,18H,2-3,14-15H2,1H3,(H,21,23);4-12,16,20H,3H2,1-2H3;4-8,12H,2-3,9-10H2,1H3;4-7,10,15H,3H2,1-2H3;4-7,11,13-14H,3,8H2,1-2H3;1-5H;1-5H,(H2,8,9);1-5,7H;;1H4. The van der Waals surface area contributed by atoms with Crippen LogP contribution < -0.4 is 35.3 Å². The lowest BCUT2D eigenvalue weighted by Gasteiger charge is -2.26. The van der Waals surface area contributed by atoms with Crippen molar-refractivity contribution < 1.29 is 116 Å². The van der Waals surface area contributed by atoms with Crippen LogP contribution >= 0.6 is 62.3 Å². The molecule has 10 rings (SSSR count). The number of para-hydroxylation sites is 5. The van der Waals surface area contributed by atoms with E-state index in [0.717, 1.165) is 52.2 Å². The minimum absolute atomic E-state index is 0.